The van der Waals surface area contributed by atoms with Crippen molar-refractivity contribution in [3.05, 3.63) is 35.4 Å². The van der Waals surface area contributed by atoms with Gasteiger partial charge in [-0.2, -0.15) is 13.2 Å². The number of hydrogen-bond donors (Lipinski definition) is 1. The van der Waals surface area contributed by atoms with E-state index in [9.17, 15) is 18.0 Å². The maximum absolute atomic E-state index is 12.6. The van der Waals surface area contributed by atoms with Gasteiger partial charge in [0.1, 0.15) is 0 Å². The fourth-order valence-corrected chi connectivity index (χ4v) is 2.76. The van der Waals surface area contributed by atoms with Crippen LogP contribution in [0.15, 0.2) is 24.3 Å². The first kappa shape index (κ1) is 16.8. The highest BCUT2D eigenvalue weighted by atomic mass is 19.4. The van der Waals surface area contributed by atoms with Crippen LogP contribution in [-0.2, 0) is 17.4 Å². The third-order valence-corrected chi connectivity index (χ3v) is 4.04. The third kappa shape index (κ3) is 4.47. The summed E-state index contributed by atoms with van der Waals surface area (Å²) in [5, 5.41) is 2.83. The van der Waals surface area contributed by atoms with E-state index in [1.54, 1.807) is 6.07 Å². The van der Waals surface area contributed by atoms with Gasteiger partial charge in [0.25, 0.3) is 0 Å². The molecule has 22 heavy (non-hydrogen) atoms. The fourth-order valence-electron chi connectivity index (χ4n) is 2.76. The Morgan fingerprint density at radius 2 is 2.14 bits per heavy atom. The first-order valence-corrected chi connectivity index (χ1v) is 7.52. The van der Waals surface area contributed by atoms with E-state index in [0.29, 0.717) is 18.5 Å². The molecule has 0 aromatic heterocycles. The number of likely N-dealkylation sites (N-methyl/N-ethyl adjacent to an activating group) is 1. The number of nitrogens with zero attached hydrogens (tertiary/aromatic N) is 1. The molecule has 1 heterocycles. The lowest BCUT2D eigenvalue weighted by atomic mass is 10.0. The van der Waals surface area contributed by atoms with E-state index in [2.05, 4.69) is 5.32 Å². The molecule has 122 valence electrons. The maximum atomic E-state index is 12.6. The molecule has 0 unspecified atom stereocenters. The summed E-state index contributed by atoms with van der Waals surface area (Å²) in [4.78, 5) is 14.1. The molecule has 1 atom stereocenters. The molecule has 1 aromatic carbocycles. The summed E-state index contributed by atoms with van der Waals surface area (Å²) < 4.78 is 37.9. The Balaban J connectivity index is 1.84. The van der Waals surface area contributed by atoms with Crippen molar-refractivity contribution in [2.75, 3.05) is 20.1 Å². The van der Waals surface area contributed by atoms with E-state index < -0.39 is 11.7 Å². The number of rotatable bonds is 4. The zero-order chi connectivity index (χ0) is 16.2. The van der Waals surface area contributed by atoms with Crippen LogP contribution in [0.4, 0.5) is 13.2 Å². The van der Waals surface area contributed by atoms with Crippen LogP contribution in [0.5, 0.6) is 0 Å². The number of piperidine rings is 1. The van der Waals surface area contributed by atoms with Crippen LogP contribution in [-0.4, -0.2) is 37.0 Å². The zero-order valence-corrected chi connectivity index (χ0v) is 12.6. The number of amides is 1. The number of nitrogens with one attached hydrogen (secondary N) is 1. The Labute approximate surface area is 128 Å². The predicted octanol–water partition coefficient (Wildman–Crippen LogP) is 2.85. The Morgan fingerprint density at radius 3 is 2.82 bits per heavy atom. The van der Waals surface area contributed by atoms with Gasteiger partial charge in [-0.1, -0.05) is 24.6 Å². The second kappa shape index (κ2) is 7.13. The number of benzene rings is 1. The molecule has 0 saturated carbocycles. The number of carbonyl (C=O) groups is 1. The first-order valence-electron chi connectivity index (χ1n) is 7.52. The largest absolute Gasteiger partial charge is 0.416 e. The lowest BCUT2D eigenvalue weighted by Gasteiger charge is -2.31. The van der Waals surface area contributed by atoms with E-state index in [1.807, 2.05) is 11.9 Å². The van der Waals surface area contributed by atoms with Gasteiger partial charge in [0.15, 0.2) is 0 Å². The van der Waals surface area contributed by atoms with Gasteiger partial charge in [-0.25, -0.2) is 0 Å². The molecular weight excluding hydrogens is 293 g/mol. The zero-order valence-electron chi connectivity index (χ0n) is 12.6. The molecule has 1 N–H and O–H groups in total. The third-order valence-electron chi connectivity index (χ3n) is 4.04. The molecule has 3 nitrogen and oxygen atoms in total. The summed E-state index contributed by atoms with van der Waals surface area (Å²) in [6.07, 6.45) is -0.956. The van der Waals surface area contributed by atoms with E-state index in [-0.39, 0.29) is 11.9 Å². The number of hydrogen-bond acceptors (Lipinski definition) is 2. The summed E-state index contributed by atoms with van der Waals surface area (Å²) in [6, 6.07) is 5.12. The SMILES string of the molecule is CN1CCCC[C@@H]1C(=O)NCCc1cccc(C(F)(F)F)c1. The molecule has 0 spiro atoms. The van der Waals surface area contributed by atoms with Gasteiger partial charge in [-0.15, -0.1) is 0 Å². The van der Waals surface area contributed by atoms with Crippen LogP contribution in [0.3, 0.4) is 0 Å². The van der Waals surface area contributed by atoms with Crippen molar-refractivity contribution in [3.63, 3.8) is 0 Å². The molecule has 1 aliphatic heterocycles. The minimum Gasteiger partial charge on any atom is -0.354 e. The van der Waals surface area contributed by atoms with Gasteiger partial charge in [-0.3, -0.25) is 9.69 Å². The number of halogens is 3. The maximum Gasteiger partial charge on any atom is 0.416 e. The summed E-state index contributed by atoms with van der Waals surface area (Å²) in [6.45, 7) is 1.26. The molecule has 0 bridgehead atoms. The number of carbonyl (C=O) groups excluding carboxylic acids is 1. The van der Waals surface area contributed by atoms with Crippen molar-refractivity contribution in [3.8, 4) is 0 Å². The van der Waals surface area contributed by atoms with Crippen molar-refractivity contribution in [1.29, 1.82) is 0 Å². The van der Waals surface area contributed by atoms with Gasteiger partial charge in [0, 0.05) is 6.54 Å². The minimum atomic E-state index is -4.33. The molecule has 1 amide bonds. The van der Waals surface area contributed by atoms with E-state index >= 15 is 0 Å². The lowest BCUT2D eigenvalue weighted by Crippen LogP contribution is -2.47. The topological polar surface area (TPSA) is 32.3 Å². The number of alkyl halides is 3. The normalized spacial score (nSPS) is 19.9. The average Bonchev–Trinajstić information content (AvgIpc) is 2.47. The van der Waals surface area contributed by atoms with Crippen molar-refractivity contribution in [2.45, 2.75) is 37.9 Å². The average molecular weight is 314 g/mol. The van der Waals surface area contributed by atoms with Crippen LogP contribution in [0.25, 0.3) is 0 Å². The smallest absolute Gasteiger partial charge is 0.354 e. The van der Waals surface area contributed by atoms with Crippen LogP contribution < -0.4 is 5.32 Å². The molecular formula is C16H21F3N2O. The number of likely N-dealkylation sites (tertiary alicyclic amines) is 1. The van der Waals surface area contributed by atoms with Crippen LogP contribution in [0.2, 0.25) is 0 Å². The van der Waals surface area contributed by atoms with Crippen LogP contribution in [0.1, 0.15) is 30.4 Å². The molecule has 0 aliphatic carbocycles. The van der Waals surface area contributed by atoms with E-state index in [0.717, 1.165) is 37.9 Å². The van der Waals surface area contributed by atoms with E-state index in [1.165, 1.54) is 6.07 Å². The van der Waals surface area contributed by atoms with Crippen LogP contribution >= 0.6 is 0 Å². The van der Waals surface area contributed by atoms with Crippen molar-refractivity contribution >= 4 is 5.91 Å². The van der Waals surface area contributed by atoms with Gasteiger partial charge >= 0.3 is 6.18 Å². The molecule has 1 aromatic rings. The Hall–Kier alpha value is -1.56. The second-order valence-electron chi connectivity index (χ2n) is 5.73. The second-order valence-corrected chi connectivity index (χ2v) is 5.73. The highest BCUT2D eigenvalue weighted by Gasteiger charge is 2.30. The summed E-state index contributed by atoms with van der Waals surface area (Å²) in [7, 11) is 1.93. The standard InChI is InChI=1S/C16H21F3N2O/c1-21-10-3-2-7-14(21)15(22)20-9-8-12-5-4-6-13(11-12)16(17,18)19/h4-6,11,14H,2-3,7-10H2,1H3,(H,20,22)/t14-/m1/s1. The van der Waals surface area contributed by atoms with E-state index in [4.69, 9.17) is 0 Å². The Morgan fingerprint density at radius 1 is 1.36 bits per heavy atom. The summed E-state index contributed by atoms with van der Waals surface area (Å²) in [5.74, 6) is -0.0332. The molecule has 0 radical (unpaired) electrons. The summed E-state index contributed by atoms with van der Waals surface area (Å²) >= 11 is 0. The van der Waals surface area contributed by atoms with Crippen LogP contribution in [0, 0.1) is 0 Å². The Bertz CT molecular complexity index is 516. The summed E-state index contributed by atoms with van der Waals surface area (Å²) in [5.41, 5.74) is -0.0736. The van der Waals surface area contributed by atoms with Crippen molar-refractivity contribution < 1.29 is 18.0 Å². The van der Waals surface area contributed by atoms with Gasteiger partial charge in [-0.05, 0) is 44.5 Å². The predicted molar refractivity (Wildman–Crippen MR) is 78.4 cm³/mol. The molecule has 1 aliphatic rings. The fraction of sp³-hybridized carbons (Fsp3) is 0.562. The monoisotopic (exact) mass is 314 g/mol. The molecule has 1 saturated heterocycles. The molecule has 2 rings (SSSR count). The van der Waals surface area contributed by atoms with Crippen molar-refractivity contribution in [1.82, 2.24) is 10.2 Å². The highest BCUT2D eigenvalue weighted by molar-refractivity contribution is 5.81. The first-order chi connectivity index (χ1) is 10.4. The molecule has 6 heteroatoms. The minimum absolute atomic E-state index is 0.0332. The van der Waals surface area contributed by atoms with Crippen molar-refractivity contribution in [2.24, 2.45) is 0 Å². The highest BCUT2D eigenvalue weighted by Crippen LogP contribution is 2.29. The van der Waals surface area contributed by atoms with Gasteiger partial charge in [0.2, 0.25) is 5.91 Å². The Kier molecular flexibility index (Phi) is 5.45. The molecule has 1 fully saturated rings. The van der Waals surface area contributed by atoms with Gasteiger partial charge in [0.05, 0.1) is 11.6 Å². The lowest BCUT2D eigenvalue weighted by molar-refractivity contribution is -0.137. The van der Waals surface area contributed by atoms with Gasteiger partial charge < -0.3 is 5.32 Å². The quantitative estimate of drug-likeness (QED) is 0.927.